The summed E-state index contributed by atoms with van der Waals surface area (Å²) in [5.74, 6) is 2.51. The lowest BCUT2D eigenvalue weighted by molar-refractivity contribution is 0.270. The van der Waals surface area contributed by atoms with E-state index in [4.69, 9.17) is 4.99 Å². The molecular weight excluding hydrogens is 324 g/mol. The molecule has 1 aliphatic heterocycles. The topological polar surface area (TPSA) is 55.8 Å². The molecule has 1 atom stereocenters. The quantitative estimate of drug-likeness (QED) is 0.577. The molecule has 0 aromatic carbocycles. The highest BCUT2D eigenvalue weighted by Gasteiger charge is 2.16. The highest BCUT2D eigenvalue weighted by molar-refractivity contribution is 5.80. The average molecular weight is 361 g/mol. The van der Waals surface area contributed by atoms with Crippen molar-refractivity contribution >= 4 is 11.8 Å². The van der Waals surface area contributed by atoms with E-state index in [9.17, 15) is 0 Å². The molecular formula is C20H36N6. The zero-order valence-electron chi connectivity index (χ0n) is 17.1. The number of pyridine rings is 1. The number of rotatable bonds is 7. The molecule has 146 valence electrons. The molecule has 1 fully saturated rings. The molecule has 2 rings (SSSR count). The summed E-state index contributed by atoms with van der Waals surface area (Å²) in [6, 6.07) is 4.66. The van der Waals surface area contributed by atoms with Crippen LogP contribution < -0.4 is 15.5 Å². The molecule has 1 unspecified atom stereocenters. The van der Waals surface area contributed by atoms with Gasteiger partial charge in [-0.15, -0.1) is 0 Å². The minimum absolute atomic E-state index is 0.384. The van der Waals surface area contributed by atoms with Gasteiger partial charge in [-0.3, -0.25) is 0 Å². The molecule has 0 saturated carbocycles. The summed E-state index contributed by atoms with van der Waals surface area (Å²) in [4.78, 5) is 14.2. The van der Waals surface area contributed by atoms with Gasteiger partial charge in [-0.1, -0.05) is 26.8 Å². The summed E-state index contributed by atoms with van der Waals surface area (Å²) < 4.78 is 0. The van der Waals surface area contributed by atoms with E-state index in [1.54, 1.807) is 0 Å². The number of hydrogen-bond donors (Lipinski definition) is 2. The highest BCUT2D eigenvalue weighted by atomic mass is 15.3. The lowest BCUT2D eigenvalue weighted by Gasteiger charge is -2.34. The summed E-state index contributed by atoms with van der Waals surface area (Å²) in [6.45, 7) is 17.9. The van der Waals surface area contributed by atoms with Crippen LogP contribution in [0.2, 0.25) is 0 Å². The first-order chi connectivity index (χ1) is 12.5. The summed E-state index contributed by atoms with van der Waals surface area (Å²) in [5, 5.41) is 6.78. The van der Waals surface area contributed by atoms with Gasteiger partial charge in [-0.2, -0.15) is 0 Å². The molecule has 26 heavy (non-hydrogen) atoms. The zero-order valence-corrected chi connectivity index (χ0v) is 17.1. The van der Waals surface area contributed by atoms with E-state index in [1.807, 2.05) is 6.20 Å². The smallest absolute Gasteiger partial charge is 0.191 e. The minimum Gasteiger partial charge on any atom is -0.357 e. The summed E-state index contributed by atoms with van der Waals surface area (Å²) >= 11 is 0. The van der Waals surface area contributed by atoms with Crippen LogP contribution in [0.3, 0.4) is 0 Å². The molecule has 6 heteroatoms. The third-order valence-corrected chi connectivity index (χ3v) is 5.08. The van der Waals surface area contributed by atoms with Crippen LogP contribution >= 0.6 is 0 Å². The van der Waals surface area contributed by atoms with Gasteiger partial charge in [0.05, 0.1) is 6.54 Å². The van der Waals surface area contributed by atoms with E-state index in [1.165, 1.54) is 0 Å². The molecule has 2 heterocycles. The molecule has 1 saturated heterocycles. The number of anilines is 1. The Labute approximate surface area is 159 Å². The number of nitrogens with one attached hydrogen (secondary N) is 2. The van der Waals surface area contributed by atoms with Gasteiger partial charge in [0, 0.05) is 45.0 Å². The lowest BCUT2D eigenvalue weighted by atomic mass is 10.1. The standard InChI is InChI=1S/C20H36N6/c1-6-21-20(24-17(5)16(3)4)23-15-18-8-9-19(22-14-18)26-12-10-25(7-2)11-13-26/h8-9,14,16-17H,6-7,10-13,15H2,1-5H3,(H2,21,23,24). The maximum absolute atomic E-state index is 4.70. The largest absolute Gasteiger partial charge is 0.357 e. The van der Waals surface area contributed by atoms with Crippen molar-refractivity contribution in [2.45, 2.75) is 47.2 Å². The van der Waals surface area contributed by atoms with E-state index in [0.717, 1.165) is 56.6 Å². The normalized spacial score (nSPS) is 17.5. The number of aromatic nitrogens is 1. The van der Waals surface area contributed by atoms with Gasteiger partial charge in [0.15, 0.2) is 5.96 Å². The Bertz CT molecular complexity index is 546. The number of likely N-dealkylation sites (N-methyl/N-ethyl adjacent to an activating group) is 1. The fourth-order valence-electron chi connectivity index (χ4n) is 2.86. The van der Waals surface area contributed by atoms with Crippen LogP contribution in [0.1, 0.15) is 40.2 Å². The fourth-order valence-corrected chi connectivity index (χ4v) is 2.86. The van der Waals surface area contributed by atoms with Crippen LogP contribution in [0.5, 0.6) is 0 Å². The fraction of sp³-hybridized carbons (Fsp3) is 0.700. The number of guanidine groups is 1. The predicted octanol–water partition coefficient (Wildman–Crippen LogP) is 2.32. The monoisotopic (exact) mass is 360 g/mol. The average Bonchev–Trinajstić information content (AvgIpc) is 2.66. The molecule has 1 aliphatic rings. The van der Waals surface area contributed by atoms with Crippen molar-refractivity contribution in [2.75, 3.05) is 44.2 Å². The van der Waals surface area contributed by atoms with Crippen molar-refractivity contribution in [3.05, 3.63) is 23.9 Å². The maximum Gasteiger partial charge on any atom is 0.191 e. The van der Waals surface area contributed by atoms with Gasteiger partial charge in [0.25, 0.3) is 0 Å². The third kappa shape index (κ3) is 6.16. The van der Waals surface area contributed by atoms with E-state index in [-0.39, 0.29) is 0 Å². The number of aliphatic imine (C=N–C) groups is 1. The van der Waals surface area contributed by atoms with Crippen LogP contribution in [-0.2, 0) is 6.54 Å². The van der Waals surface area contributed by atoms with Gasteiger partial charge in [0.2, 0.25) is 0 Å². The molecule has 0 radical (unpaired) electrons. The summed E-state index contributed by atoms with van der Waals surface area (Å²) in [6.07, 6.45) is 1.96. The molecule has 1 aromatic rings. The van der Waals surface area contributed by atoms with Gasteiger partial charge in [-0.25, -0.2) is 9.98 Å². The van der Waals surface area contributed by atoms with Gasteiger partial charge in [0.1, 0.15) is 5.82 Å². The van der Waals surface area contributed by atoms with Crippen molar-refractivity contribution in [3.63, 3.8) is 0 Å². The Morgan fingerprint density at radius 2 is 1.88 bits per heavy atom. The van der Waals surface area contributed by atoms with Crippen molar-refractivity contribution in [1.82, 2.24) is 20.5 Å². The third-order valence-electron chi connectivity index (χ3n) is 5.08. The van der Waals surface area contributed by atoms with Crippen LogP contribution in [-0.4, -0.2) is 61.2 Å². The SMILES string of the molecule is CCNC(=NCc1ccc(N2CCN(CC)CC2)nc1)NC(C)C(C)C. The Morgan fingerprint density at radius 1 is 1.15 bits per heavy atom. The Kier molecular flexibility index (Phi) is 8.16. The van der Waals surface area contributed by atoms with Crippen LogP contribution in [0, 0.1) is 5.92 Å². The lowest BCUT2D eigenvalue weighted by Crippen LogP contribution is -2.46. The molecule has 0 amide bonds. The molecule has 0 bridgehead atoms. The molecule has 1 aromatic heterocycles. The number of nitrogens with zero attached hydrogens (tertiary/aromatic N) is 4. The summed E-state index contributed by atoms with van der Waals surface area (Å²) in [7, 11) is 0. The maximum atomic E-state index is 4.70. The van der Waals surface area contributed by atoms with E-state index < -0.39 is 0 Å². The van der Waals surface area contributed by atoms with Gasteiger partial charge < -0.3 is 20.4 Å². The van der Waals surface area contributed by atoms with Crippen molar-refractivity contribution < 1.29 is 0 Å². The Balaban J connectivity index is 1.92. The minimum atomic E-state index is 0.384. The molecule has 6 nitrogen and oxygen atoms in total. The van der Waals surface area contributed by atoms with E-state index >= 15 is 0 Å². The van der Waals surface area contributed by atoms with Crippen molar-refractivity contribution in [3.8, 4) is 0 Å². The Hall–Kier alpha value is -1.82. The Morgan fingerprint density at radius 3 is 2.42 bits per heavy atom. The van der Waals surface area contributed by atoms with Gasteiger partial charge >= 0.3 is 0 Å². The first kappa shape index (κ1) is 20.5. The van der Waals surface area contributed by atoms with E-state index in [0.29, 0.717) is 18.5 Å². The van der Waals surface area contributed by atoms with E-state index in [2.05, 4.69) is 72.2 Å². The van der Waals surface area contributed by atoms with Crippen molar-refractivity contribution in [1.29, 1.82) is 0 Å². The van der Waals surface area contributed by atoms with Crippen LogP contribution in [0.4, 0.5) is 5.82 Å². The second kappa shape index (κ2) is 10.4. The zero-order chi connectivity index (χ0) is 18.9. The predicted molar refractivity (Wildman–Crippen MR) is 111 cm³/mol. The highest BCUT2D eigenvalue weighted by Crippen LogP contribution is 2.14. The van der Waals surface area contributed by atoms with Gasteiger partial charge in [-0.05, 0) is 37.9 Å². The number of hydrogen-bond acceptors (Lipinski definition) is 4. The van der Waals surface area contributed by atoms with Crippen LogP contribution in [0.25, 0.3) is 0 Å². The molecule has 0 aliphatic carbocycles. The second-order valence-electron chi connectivity index (χ2n) is 7.32. The first-order valence-corrected chi connectivity index (χ1v) is 10.0. The second-order valence-corrected chi connectivity index (χ2v) is 7.32. The van der Waals surface area contributed by atoms with Crippen LogP contribution in [0.15, 0.2) is 23.3 Å². The van der Waals surface area contributed by atoms with Crippen molar-refractivity contribution in [2.24, 2.45) is 10.9 Å². The molecule has 0 spiro atoms. The first-order valence-electron chi connectivity index (χ1n) is 10.0. The summed E-state index contributed by atoms with van der Waals surface area (Å²) in [5.41, 5.74) is 1.13. The molecule has 2 N–H and O–H groups in total. The number of piperazine rings is 1.